The Morgan fingerprint density at radius 3 is 2.45 bits per heavy atom. The molecule has 2 fully saturated rings. The van der Waals surface area contributed by atoms with Crippen molar-refractivity contribution in [2.75, 3.05) is 45.9 Å². The van der Waals surface area contributed by atoms with E-state index in [1.807, 2.05) is 6.92 Å². The molecule has 1 aromatic heterocycles. The summed E-state index contributed by atoms with van der Waals surface area (Å²) in [5.41, 5.74) is 1.02. The first-order valence-electron chi connectivity index (χ1n) is 10.2. The SMILES string of the molecule is CC(=O)N1CCN(C(=O)CCN(C[C@H]2CCCO2)C(=O)c2cnc(C)cn2)CC1. The smallest absolute Gasteiger partial charge is 0.274 e. The van der Waals surface area contributed by atoms with Crippen molar-refractivity contribution >= 4 is 17.7 Å². The summed E-state index contributed by atoms with van der Waals surface area (Å²) >= 11 is 0. The van der Waals surface area contributed by atoms with E-state index in [4.69, 9.17) is 4.74 Å². The Balaban J connectivity index is 1.59. The van der Waals surface area contributed by atoms with Gasteiger partial charge in [-0.05, 0) is 19.8 Å². The molecule has 29 heavy (non-hydrogen) atoms. The molecule has 9 heteroatoms. The van der Waals surface area contributed by atoms with Gasteiger partial charge >= 0.3 is 0 Å². The van der Waals surface area contributed by atoms with Crippen LogP contribution in [0.4, 0.5) is 0 Å². The lowest BCUT2D eigenvalue weighted by Gasteiger charge is -2.34. The average molecular weight is 403 g/mol. The minimum absolute atomic E-state index is 0.00617. The molecule has 1 atom stereocenters. The first-order chi connectivity index (χ1) is 13.9. The van der Waals surface area contributed by atoms with Gasteiger partial charge in [0.05, 0.1) is 18.0 Å². The molecule has 0 unspecified atom stereocenters. The quantitative estimate of drug-likeness (QED) is 0.686. The van der Waals surface area contributed by atoms with Gasteiger partial charge in [-0.1, -0.05) is 0 Å². The second-order valence-electron chi connectivity index (χ2n) is 7.57. The van der Waals surface area contributed by atoms with Gasteiger partial charge in [0.2, 0.25) is 11.8 Å². The van der Waals surface area contributed by atoms with Crippen LogP contribution in [0.15, 0.2) is 12.4 Å². The van der Waals surface area contributed by atoms with Gasteiger partial charge in [-0.25, -0.2) is 4.98 Å². The van der Waals surface area contributed by atoms with E-state index < -0.39 is 0 Å². The number of aromatic nitrogens is 2. The maximum atomic E-state index is 12.9. The third-order valence-corrected chi connectivity index (χ3v) is 5.41. The van der Waals surface area contributed by atoms with Gasteiger partial charge < -0.3 is 19.4 Å². The highest BCUT2D eigenvalue weighted by molar-refractivity contribution is 5.92. The first kappa shape index (κ1) is 21.2. The molecule has 9 nitrogen and oxygen atoms in total. The molecule has 2 aliphatic heterocycles. The maximum Gasteiger partial charge on any atom is 0.274 e. The number of aryl methyl sites for hydroxylation is 1. The molecule has 0 bridgehead atoms. The number of nitrogens with zero attached hydrogens (tertiary/aromatic N) is 5. The summed E-state index contributed by atoms with van der Waals surface area (Å²) in [6.07, 6.45) is 5.16. The fraction of sp³-hybridized carbons (Fsp3) is 0.650. The van der Waals surface area contributed by atoms with Crippen LogP contribution < -0.4 is 0 Å². The number of piperazine rings is 1. The number of carbonyl (C=O) groups is 3. The fourth-order valence-corrected chi connectivity index (χ4v) is 3.63. The van der Waals surface area contributed by atoms with Crippen LogP contribution in [0.5, 0.6) is 0 Å². The van der Waals surface area contributed by atoms with Gasteiger partial charge in [-0.3, -0.25) is 19.4 Å². The van der Waals surface area contributed by atoms with Crippen LogP contribution in [-0.4, -0.2) is 94.4 Å². The van der Waals surface area contributed by atoms with E-state index in [9.17, 15) is 14.4 Å². The third-order valence-electron chi connectivity index (χ3n) is 5.41. The van der Waals surface area contributed by atoms with Crippen molar-refractivity contribution in [3.8, 4) is 0 Å². The highest BCUT2D eigenvalue weighted by Gasteiger charge is 2.27. The second kappa shape index (κ2) is 9.78. The van der Waals surface area contributed by atoms with E-state index in [0.717, 1.165) is 18.5 Å². The average Bonchev–Trinajstić information content (AvgIpc) is 3.24. The summed E-state index contributed by atoms with van der Waals surface area (Å²) in [5, 5.41) is 0. The van der Waals surface area contributed by atoms with Gasteiger partial charge in [0.25, 0.3) is 5.91 Å². The number of carbonyl (C=O) groups excluding carboxylic acids is 3. The topological polar surface area (TPSA) is 95.9 Å². The zero-order chi connectivity index (χ0) is 20.8. The molecule has 0 radical (unpaired) electrons. The fourth-order valence-electron chi connectivity index (χ4n) is 3.63. The zero-order valence-electron chi connectivity index (χ0n) is 17.2. The van der Waals surface area contributed by atoms with Crippen molar-refractivity contribution in [1.29, 1.82) is 0 Å². The molecule has 0 aliphatic carbocycles. The van der Waals surface area contributed by atoms with Crippen LogP contribution in [-0.2, 0) is 14.3 Å². The molecular weight excluding hydrogens is 374 g/mol. The Morgan fingerprint density at radius 1 is 1.14 bits per heavy atom. The van der Waals surface area contributed by atoms with E-state index >= 15 is 0 Å². The number of amides is 3. The van der Waals surface area contributed by atoms with E-state index in [1.165, 1.54) is 6.20 Å². The molecular formula is C20H29N5O4. The predicted molar refractivity (Wildman–Crippen MR) is 105 cm³/mol. The molecule has 0 spiro atoms. The minimum Gasteiger partial charge on any atom is -0.376 e. The van der Waals surface area contributed by atoms with Crippen LogP contribution in [0.1, 0.15) is 42.4 Å². The summed E-state index contributed by atoms with van der Waals surface area (Å²) in [6.45, 7) is 6.98. The number of rotatable bonds is 6. The van der Waals surface area contributed by atoms with Crippen LogP contribution in [0.3, 0.4) is 0 Å². The van der Waals surface area contributed by atoms with Crippen molar-refractivity contribution in [3.05, 3.63) is 23.8 Å². The van der Waals surface area contributed by atoms with Crippen molar-refractivity contribution in [1.82, 2.24) is 24.7 Å². The van der Waals surface area contributed by atoms with Crippen molar-refractivity contribution in [2.24, 2.45) is 0 Å². The maximum absolute atomic E-state index is 12.9. The van der Waals surface area contributed by atoms with Crippen molar-refractivity contribution in [2.45, 2.75) is 39.2 Å². The molecule has 158 valence electrons. The molecule has 1 aromatic rings. The molecule has 3 rings (SSSR count). The van der Waals surface area contributed by atoms with Crippen molar-refractivity contribution < 1.29 is 19.1 Å². The summed E-state index contributed by atoms with van der Waals surface area (Å²) in [6, 6.07) is 0. The van der Waals surface area contributed by atoms with Crippen LogP contribution in [0, 0.1) is 6.92 Å². The summed E-state index contributed by atoms with van der Waals surface area (Å²) in [4.78, 5) is 50.5. The van der Waals surface area contributed by atoms with Gasteiger partial charge in [0, 0.05) is 65.4 Å². The molecule has 0 saturated carbocycles. The lowest BCUT2D eigenvalue weighted by atomic mass is 10.2. The van der Waals surface area contributed by atoms with Crippen molar-refractivity contribution in [3.63, 3.8) is 0 Å². The number of ether oxygens (including phenoxy) is 1. The van der Waals surface area contributed by atoms with E-state index in [-0.39, 0.29) is 35.9 Å². The van der Waals surface area contributed by atoms with Gasteiger partial charge in [0.15, 0.2) is 0 Å². The lowest BCUT2D eigenvalue weighted by Crippen LogP contribution is -2.50. The zero-order valence-corrected chi connectivity index (χ0v) is 17.2. The third kappa shape index (κ3) is 5.72. The Bertz CT molecular complexity index is 725. The van der Waals surface area contributed by atoms with Crippen LogP contribution in [0.25, 0.3) is 0 Å². The Kier molecular flexibility index (Phi) is 7.13. The predicted octanol–water partition coefficient (Wildman–Crippen LogP) is 0.487. The Hall–Kier alpha value is -2.55. The lowest BCUT2D eigenvalue weighted by molar-refractivity contribution is -0.138. The highest BCUT2D eigenvalue weighted by atomic mass is 16.5. The largest absolute Gasteiger partial charge is 0.376 e. The summed E-state index contributed by atoms with van der Waals surface area (Å²) < 4.78 is 5.68. The minimum atomic E-state index is -0.234. The number of hydrogen-bond donors (Lipinski definition) is 0. The normalized spacial score (nSPS) is 19.3. The second-order valence-corrected chi connectivity index (χ2v) is 7.57. The van der Waals surface area contributed by atoms with E-state index in [1.54, 1.807) is 27.8 Å². The van der Waals surface area contributed by atoms with E-state index in [0.29, 0.717) is 45.9 Å². The van der Waals surface area contributed by atoms with Gasteiger partial charge in [-0.2, -0.15) is 0 Å². The Morgan fingerprint density at radius 2 is 1.86 bits per heavy atom. The Labute approximate surface area is 171 Å². The first-order valence-corrected chi connectivity index (χ1v) is 10.2. The van der Waals surface area contributed by atoms with E-state index in [2.05, 4.69) is 9.97 Å². The molecule has 2 saturated heterocycles. The van der Waals surface area contributed by atoms with Gasteiger partial charge in [-0.15, -0.1) is 0 Å². The molecule has 2 aliphatic rings. The number of hydrogen-bond acceptors (Lipinski definition) is 6. The summed E-state index contributed by atoms with van der Waals surface area (Å²) in [5.74, 6) is -0.208. The monoisotopic (exact) mass is 403 g/mol. The molecule has 0 N–H and O–H groups in total. The summed E-state index contributed by atoms with van der Waals surface area (Å²) in [7, 11) is 0. The molecule has 3 amide bonds. The van der Waals surface area contributed by atoms with Crippen LogP contribution in [0.2, 0.25) is 0 Å². The molecule has 0 aromatic carbocycles. The molecule has 3 heterocycles. The van der Waals surface area contributed by atoms with Gasteiger partial charge in [0.1, 0.15) is 5.69 Å². The highest BCUT2D eigenvalue weighted by Crippen LogP contribution is 2.15. The van der Waals surface area contributed by atoms with Crippen LogP contribution >= 0.6 is 0 Å². The standard InChI is InChI=1S/C20H29N5O4/c1-15-12-22-18(13-21-15)20(28)25(14-17-4-3-11-29-17)6-5-19(27)24-9-7-23(8-10-24)16(2)26/h12-13,17H,3-11,14H2,1-2H3/t17-/m1/s1.